The zero-order valence-electron chi connectivity index (χ0n) is 42.8. The largest absolute Gasteiger partial charge is 0.497 e. The molecule has 0 radical (unpaired) electrons. The normalized spacial score (nSPS) is 12.5. The van der Waals surface area contributed by atoms with Gasteiger partial charge in [-0.15, -0.1) is 0 Å². The number of anilines is 4. The lowest BCUT2D eigenvalue weighted by Gasteiger charge is -2.19. The number of hydrogen-bond donors (Lipinski definition) is 2. The lowest BCUT2D eigenvalue weighted by Crippen LogP contribution is -2.15. The minimum Gasteiger partial charge on any atom is -0.497 e. The highest BCUT2D eigenvalue weighted by Gasteiger charge is 2.28. The summed E-state index contributed by atoms with van der Waals surface area (Å²) in [5, 5.41) is 7.49. The van der Waals surface area contributed by atoms with E-state index in [9.17, 15) is 18.4 Å². The predicted octanol–water partition coefficient (Wildman–Crippen LogP) is 14.6. The molecule has 0 amide bonds. The van der Waals surface area contributed by atoms with Crippen molar-refractivity contribution in [1.29, 1.82) is 0 Å². The molecule has 12 rings (SSSR count). The highest BCUT2D eigenvalue weighted by Crippen LogP contribution is 2.40. The lowest BCUT2D eigenvalue weighted by molar-refractivity contribution is 0.104. The second-order valence-electron chi connectivity index (χ2n) is 18.2. The van der Waals surface area contributed by atoms with Gasteiger partial charge < -0.3 is 34.3 Å². The van der Waals surface area contributed by atoms with Gasteiger partial charge in [0.1, 0.15) is 40.5 Å². The minimum absolute atomic E-state index is 0.00140. The van der Waals surface area contributed by atoms with Crippen molar-refractivity contribution in [2.24, 2.45) is 0 Å². The molecule has 80 heavy (non-hydrogen) atoms. The number of Topliss-reactive ketones (excluding diaryl/α,β-unsaturated/α-hetero) is 2. The van der Waals surface area contributed by atoms with Crippen molar-refractivity contribution in [3.05, 3.63) is 233 Å². The minimum atomic E-state index is -0.622. The summed E-state index contributed by atoms with van der Waals surface area (Å²) in [5.41, 5.74) is 6.57. The highest BCUT2D eigenvalue weighted by molar-refractivity contribution is 6.32. The van der Waals surface area contributed by atoms with Gasteiger partial charge in [0.2, 0.25) is 0 Å². The van der Waals surface area contributed by atoms with E-state index >= 15 is 8.78 Å². The molecule has 0 aliphatic heterocycles. The standard InChI is InChI=1S/C32H23F2N3O4.C31H21F2N3O3/c1-39-28-16-23-25(17-29(28)40-2)35-14-12-26(23)41-27-10-8-21(15-24(27)34)37-32-30-19(11-13-36-32)5-9-22(31(30)38)18-3-6-20(33)7-4-18;1-38-22-8-10-24-26(17-22)34-15-13-27(24)39-28-11-7-21(16-25(28)33)36-31-29-19(12-14-35-31)4-9-23(30(29)37)18-2-5-20(32)6-3-18/h3-4,6-17H,5H2,1-2H3,(H,36,37);2-3,5-17H,4H2,1H3,(H,35,36). The van der Waals surface area contributed by atoms with Gasteiger partial charge in [0.15, 0.2) is 46.2 Å². The number of pyridine rings is 4. The first-order chi connectivity index (χ1) is 38.9. The highest BCUT2D eigenvalue weighted by atomic mass is 19.1. The monoisotopic (exact) mass is 1070 g/mol. The Hall–Kier alpha value is -10.4. The van der Waals surface area contributed by atoms with Gasteiger partial charge >= 0.3 is 0 Å². The number of nitrogens with one attached hydrogen (secondary N) is 2. The van der Waals surface area contributed by atoms with E-state index in [2.05, 4.69) is 30.6 Å². The summed E-state index contributed by atoms with van der Waals surface area (Å²) in [5.74, 6) is 0.689. The summed E-state index contributed by atoms with van der Waals surface area (Å²) in [4.78, 5) is 44.3. The summed E-state index contributed by atoms with van der Waals surface area (Å²) in [7, 11) is 4.63. The fourth-order valence-corrected chi connectivity index (χ4v) is 9.36. The number of fused-ring (bicyclic) bond motifs is 4. The summed E-state index contributed by atoms with van der Waals surface area (Å²) in [6, 6.07) is 36.1. The molecular weight excluding hydrogens is 1030 g/mol. The van der Waals surface area contributed by atoms with Crippen LogP contribution in [0.3, 0.4) is 0 Å². The number of methoxy groups -OCH3 is 3. The molecule has 0 atom stereocenters. The number of carbonyl (C=O) groups excluding carboxylic acids is 2. The van der Waals surface area contributed by atoms with Crippen LogP contribution < -0.4 is 34.3 Å². The Morgan fingerprint density at radius 1 is 0.425 bits per heavy atom. The van der Waals surface area contributed by atoms with Crippen LogP contribution >= 0.6 is 0 Å². The van der Waals surface area contributed by atoms with Gasteiger partial charge in [-0.25, -0.2) is 27.5 Å². The second-order valence-corrected chi connectivity index (χ2v) is 18.2. The number of hydrogen-bond acceptors (Lipinski definition) is 13. The van der Waals surface area contributed by atoms with E-state index in [0.717, 1.165) is 11.1 Å². The van der Waals surface area contributed by atoms with Crippen LogP contribution in [0, 0.1) is 23.3 Å². The van der Waals surface area contributed by atoms with Gasteiger partial charge in [-0.1, -0.05) is 36.4 Å². The summed E-state index contributed by atoms with van der Waals surface area (Å²) >= 11 is 0. The third-order valence-corrected chi connectivity index (χ3v) is 13.3. The Kier molecular flexibility index (Phi) is 14.4. The molecule has 6 aromatic carbocycles. The van der Waals surface area contributed by atoms with Crippen LogP contribution in [0.25, 0.3) is 33.0 Å². The maximum Gasteiger partial charge on any atom is 0.197 e. The van der Waals surface area contributed by atoms with E-state index in [1.165, 1.54) is 62.8 Å². The van der Waals surface area contributed by atoms with Crippen molar-refractivity contribution >= 4 is 67.5 Å². The van der Waals surface area contributed by atoms with Crippen LogP contribution in [0.1, 0.15) is 43.0 Å². The number of aromatic nitrogens is 4. The average Bonchev–Trinajstić information content (AvgIpc) is 3.53. The van der Waals surface area contributed by atoms with E-state index in [1.807, 2.05) is 12.2 Å². The number of ether oxygens (including phenoxy) is 5. The Morgan fingerprint density at radius 3 is 1.36 bits per heavy atom. The third kappa shape index (κ3) is 10.5. The van der Waals surface area contributed by atoms with Gasteiger partial charge in [0, 0.05) is 82.3 Å². The van der Waals surface area contributed by atoms with E-state index in [1.54, 1.807) is 123 Å². The van der Waals surface area contributed by atoms with Crippen molar-refractivity contribution in [3.8, 4) is 40.2 Å². The molecule has 2 aliphatic carbocycles. The molecule has 0 saturated heterocycles. The fourth-order valence-electron chi connectivity index (χ4n) is 9.36. The molecule has 4 heterocycles. The first-order valence-corrected chi connectivity index (χ1v) is 24.8. The predicted molar refractivity (Wildman–Crippen MR) is 296 cm³/mol. The topological polar surface area (TPSA) is 156 Å². The molecule has 13 nitrogen and oxygen atoms in total. The zero-order chi connectivity index (χ0) is 55.4. The zero-order valence-corrected chi connectivity index (χ0v) is 42.8. The van der Waals surface area contributed by atoms with E-state index in [0.29, 0.717) is 120 Å². The van der Waals surface area contributed by atoms with Crippen LogP contribution in [0.2, 0.25) is 0 Å². The van der Waals surface area contributed by atoms with Crippen molar-refractivity contribution in [2.45, 2.75) is 12.8 Å². The van der Waals surface area contributed by atoms with Gasteiger partial charge in [-0.3, -0.25) is 19.6 Å². The molecule has 2 N–H and O–H groups in total. The maximum absolute atomic E-state index is 15.3. The van der Waals surface area contributed by atoms with Gasteiger partial charge in [-0.2, -0.15) is 0 Å². The number of allylic oxidation sites excluding steroid dienone is 4. The first-order valence-electron chi connectivity index (χ1n) is 24.8. The Morgan fingerprint density at radius 2 is 0.887 bits per heavy atom. The second kappa shape index (κ2) is 22.3. The summed E-state index contributed by atoms with van der Waals surface area (Å²) in [6.07, 6.45) is 11.0. The number of carbonyl (C=O) groups is 2. The fraction of sp³-hybridized carbons (Fsp3) is 0.0794. The van der Waals surface area contributed by atoms with Gasteiger partial charge in [-0.05, 0) is 126 Å². The smallest absolute Gasteiger partial charge is 0.197 e. The molecular formula is C63H44F4N6O7. The lowest BCUT2D eigenvalue weighted by atomic mass is 9.87. The maximum atomic E-state index is 15.3. The van der Waals surface area contributed by atoms with Crippen molar-refractivity contribution in [3.63, 3.8) is 0 Å². The van der Waals surface area contributed by atoms with Crippen LogP contribution in [-0.4, -0.2) is 52.8 Å². The molecule has 396 valence electrons. The van der Waals surface area contributed by atoms with Crippen LogP contribution in [0.15, 0.2) is 176 Å². The molecule has 4 aromatic heterocycles. The van der Waals surface area contributed by atoms with E-state index in [-0.39, 0.29) is 34.7 Å². The van der Waals surface area contributed by atoms with Gasteiger partial charge in [0.05, 0.1) is 43.5 Å². The SMILES string of the molecule is COc1cc2nccc(Oc3ccc(Nc4nccc5c4C(=O)C(c4ccc(F)cc4)=CC5)cc3F)c2cc1OC.COc1ccc2c(Oc3ccc(Nc4nccc5c4C(=O)C(c4ccc(F)cc4)=CC5)cc3F)ccnc2c1. The number of halogens is 4. The number of ketones is 2. The summed E-state index contributed by atoms with van der Waals surface area (Å²) < 4.78 is 85.1. The van der Waals surface area contributed by atoms with Crippen molar-refractivity contribution < 1.29 is 50.8 Å². The molecule has 17 heteroatoms. The third-order valence-electron chi connectivity index (χ3n) is 13.3. The van der Waals surface area contributed by atoms with E-state index in [4.69, 9.17) is 23.7 Å². The molecule has 0 fully saturated rings. The quantitative estimate of drug-likeness (QED) is 0.105. The summed E-state index contributed by atoms with van der Waals surface area (Å²) in [6.45, 7) is 0. The number of nitrogens with zero attached hydrogens (tertiary/aromatic N) is 4. The molecule has 0 unspecified atom stereocenters. The van der Waals surface area contributed by atoms with Crippen molar-refractivity contribution in [1.82, 2.24) is 19.9 Å². The Labute approximate surface area is 454 Å². The first kappa shape index (κ1) is 51.7. The number of benzene rings is 6. The van der Waals surface area contributed by atoms with Crippen LogP contribution in [-0.2, 0) is 12.8 Å². The number of rotatable bonds is 13. The Bertz CT molecular complexity index is 4140. The average molecular weight is 1070 g/mol. The van der Waals surface area contributed by atoms with Crippen LogP contribution in [0.4, 0.5) is 40.6 Å². The molecule has 0 bridgehead atoms. The van der Waals surface area contributed by atoms with Gasteiger partial charge in [0.25, 0.3) is 0 Å². The van der Waals surface area contributed by atoms with Crippen LogP contribution in [0.5, 0.6) is 40.2 Å². The molecule has 2 aliphatic rings. The molecule has 0 saturated carbocycles. The van der Waals surface area contributed by atoms with E-state index < -0.39 is 11.6 Å². The Balaban J connectivity index is 0.000000169. The molecule has 0 spiro atoms. The molecule has 10 aromatic rings. The van der Waals surface area contributed by atoms with Crippen molar-refractivity contribution in [2.75, 3.05) is 32.0 Å².